The van der Waals surface area contributed by atoms with Crippen LogP contribution in [0.25, 0.3) is 22.3 Å². The van der Waals surface area contributed by atoms with E-state index in [1.807, 2.05) is 35.2 Å². The van der Waals surface area contributed by atoms with E-state index in [2.05, 4.69) is 20.4 Å². The Labute approximate surface area is 355 Å². The van der Waals surface area contributed by atoms with Crippen molar-refractivity contribution < 1.29 is 41.0 Å². The van der Waals surface area contributed by atoms with E-state index in [1.54, 1.807) is 74.4 Å². The zero-order valence-corrected chi connectivity index (χ0v) is 36.0. The molecule has 0 bridgehead atoms. The van der Waals surface area contributed by atoms with E-state index in [0.717, 1.165) is 40.7 Å². The van der Waals surface area contributed by atoms with Crippen molar-refractivity contribution in [3.8, 4) is 33.8 Å². The van der Waals surface area contributed by atoms with Gasteiger partial charge in [-0.15, -0.1) is 0 Å². The number of nitrogens with one attached hydrogen (secondary N) is 2. The van der Waals surface area contributed by atoms with Crippen LogP contribution in [0.1, 0.15) is 82.3 Å². The molecule has 16 heteroatoms. The lowest BCUT2D eigenvalue weighted by atomic mass is 9.98. The van der Waals surface area contributed by atoms with Crippen LogP contribution in [0.3, 0.4) is 0 Å². The van der Waals surface area contributed by atoms with Crippen LogP contribution in [0.5, 0.6) is 11.5 Å². The van der Waals surface area contributed by atoms with Gasteiger partial charge in [0.15, 0.2) is 19.7 Å². The highest BCUT2D eigenvalue weighted by molar-refractivity contribution is 7.91. The standard InChI is InChI=1S/C22H23N3O4S.C12H16O2S.C11H10N2O3/c1-29-21-12-16(8-9-19(21)17-13-23-24-14-17)22(26)25-10-4-7-20(25)15-5-3-6-18(11-15)30(2,27)28;1-15(13,14)12-8-4-7-11(9-12)10-5-2-3-6-10;1-16-10-4-7(11(14)15)2-3-9(10)8-5-12-13-6-8/h3,5-6,8-9,11-14,20H,4,7,10H2,1-2H3,(H,23,24);4,7-10H,2-3,5-6H2,1H3;2-6H,1H3,(H,12,13)(H,14,15)/t20-;;/m1../s1. The van der Waals surface area contributed by atoms with Crippen molar-refractivity contribution in [3.05, 3.63) is 132 Å². The largest absolute Gasteiger partial charge is 0.496 e. The Morgan fingerprint density at radius 2 is 1.18 bits per heavy atom. The number of H-pyrrole nitrogens is 2. The van der Waals surface area contributed by atoms with Crippen molar-refractivity contribution in [2.45, 2.75) is 60.3 Å². The topological polar surface area (TPSA) is 202 Å². The van der Waals surface area contributed by atoms with E-state index in [0.29, 0.717) is 34.4 Å². The smallest absolute Gasteiger partial charge is 0.335 e. The second kappa shape index (κ2) is 19.4. The summed E-state index contributed by atoms with van der Waals surface area (Å²) in [7, 11) is -3.29. The second-order valence-corrected chi connectivity index (χ2v) is 19.0. The first-order valence-electron chi connectivity index (χ1n) is 19.7. The van der Waals surface area contributed by atoms with Gasteiger partial charge in [-0.25, -0.2) is 21.6 Å². The van der Waals surface area contributed by atoms with Gasteiger partial charge in [0.1, 0.15) is 11.5 Å². The van der Waals surface area contributed by atoms with E-state index in [-0.39, 0.29) is 22.4 Å². The summed E-state index contributed by atoms with van der Waals surface area (Å²) < 4.78 is 57.3. The lowest BCUT2D eigenvalue weighted by molar-refractivity contribution is 0.0694. The SMILES string of the molecule is COc1cc(C(=O)N2CCC[C@@H]2c2cccc(S(C)(=O)=O)c2)ccc1-c1cn[nH]c1.COc1cc(C(=O)O)ccc1-c1cn[nH]c1.CS(=O)(=O)c1cccc(C2CCCC2)c1. The summed E-state index contributed by atoms with van der Waals surface area (Å²) in [6.45, 7) is 0.623. The third-order valence-electron chi connectivity index (χ3n) is 10.8. The average Bonchev–Trinajstić information content (AvgIpc) is 4.12. The summed E-state index contributed by atoms with van der Waals surface area (Å²) in [4.78, 5) is 26.6. The molecule has 2 aromatic heterocycles. The molecule has 320 valence electrons. The third-order valence-corrected chi connectivity index (χ3v) is 13.0. The number of likely N-dealkylation sites (tertiary alicyclic amines) is 1. The molecule has 0 radical (unpaired) electrons. The number of sulfone groups is 2. The molecule has 1 aliphatic heterocycles. The van der Waals surface area contributed by atoms with Gasteiger partial charge >= 0.3 is 5.97 Å². The number of carboxylic acids is 1. The van der Waals surface area contributed by atoms with Crippen molar-refractivity contribution in [3.63, 3.8) is 0 Å². The summed E-state index contributed by atoms with van der Waals surface area (Å²) in [5.74, 6) is 0.612. The maximum Gasteiger partial charge on any atom is 0.335 e. The first kappa shape index (κ1) is 44.3. The number of rotatable bonds is 10. The van der Waals surface area contributed by atoms with Gasteiger partial charge in [0.2, 0.25) is 0 Å². The van der Waals surface area contributed by atoms with Crippen LogP contribution in [0, 0.1) is 0 Å². The van der Waals surface area contributed by atoms with Crippen molar-refractivity contribution in [1.29, 1.82) is 0 Å². The Balaban J connectivity index is 0.000000169. The zero-order valence-electron chi connectivity index (χ0n) is 34.4. The van der Waals surface area contributed by atoms with Crippen molar-refractivity contribution >= 4 is 31.6 Å². The number of carboxylic acid groups (broad SMARTS) is 1. The Hall–Kier alpha value is -6.26. The zero-order chi connectivity index (χ0) is 43.7. The number of nitrogens with zero attached hydrogens (tertiary/aromatic N) is 3. The molecule has 6 aromatic rings. The Morgan fingerprint density at radius 3 is 1.67 bits per heavy atom. The predicted molar refractivity (Wildman–Crippen MR) is 231 cm³/mol. The van der Waals surface area contributed by atoms with Crippen LogP contribution in [0.2, 0.25) is 0 Å². The molecule has 3 N–H and O–H groups in total. The van der Waals surface area contributed by atoms with Gasteiger partial charge in [-0.05, 0) is 103 Å². The number of aromatic nitrogens is 4. The van der Waals surface area contributed by atoms with Crippen LogP contribution in [-0.4, -0.2) is 92.4 Å². The van der Waals surface area contributed by atoms with E-state index in [9.17, 15) is 26.4 Å². The van der Waals surface area contributed by atoms with Crippen molar-refractivity contribution in [1.82, 2.24) is 25.3 Å². The first-order valence-corrected chi connectivity index (χ1v) is 23.4. The van der Waals surface area contributed by atoms with Crippen LogP contribution in [0.15, 0.2) is 120 Å². The summed E-state index contributed by atoms with van der Waals surface area (Å²) in [6, 6.07) is 24.2. The lowest BCUT2D eigenvalue weighted by Crippen LogP contribution is -2.30. The first-order chi connectivity index (χ1) is 29.2. The third kappa shape index (κ3) is 10.9. The van der Waals surface area contributed by atoms with Crippen molar-refractivity contribution in [2.24, 2.45) is 0 Å². The predicted octanol–water partition coefficient (Wildman–Crippen LogP) is 8.00. The van der Waals surface area contributed by atoms with Gasteiger partial charge in [0.25, 0.3) is 5.91 Å². The molecule has 0 unspecified atom stereocenters. The van der Waals surface area contributed by atoms with Crippen LogP contribution >= 0.6 is 0 Å². The molecule has 1 atom stereocenters. The number of ether oxygens (including phenoxy) is 2. The van der Waals surface area contributed by atoms with Crippen LogP contribution in [-0.2, 0) is 19.7 Å². The molecular weight excluding hydrogens is 819 g/mol. The number of carbonyl (C=O) groups excluding carboxylic acids is 1. The molecule has 4 aromatic carbocycles. The number of methoxy groups -OCH3 is 2. The summed E-state index contributed by atoms with van der Waals surface area (Å²) in [5.41, 5.74) is 6.15. The molecule has 1 aliphatic carbocycles. The molecule has 1 saturated heterocycles. The number of aromatic carboxylic acids is 1. The fourth-order valence-electron chi connectivity index (χ4n) is 7.65. The van der Waals surface area contributed by atoms with Crippen molar-refractivity contribution in [2.75, 3.05) is 33.3 Å². The van der Waals surface area contributed by atoms with Gasteiger partial charge in [-0.2, -0.15) is 10.2 Å². The molecule has 2 fully saturated rings. The van der Waals surface area contributed by atoms with E-state index in [1.165, 1.54) is 63.0 Å². The minimum Gasteiger partial charge on any atom is -0.496 e. The Bertz CT molecular complexity index is 2680. The van der Waals surface area contributed by atoms with Crippen LogP contribution in [0.4, 0.5) is 0 Å². The van der Waals surface area contributed by atoms with E-state index < -0.39 is 25.6 Å². The quantitative estimate of drug-likeness (QED) is 0.120. The van der Waals surface area contributed by atoms with Crippen LogP contribution < -0.4 is 9.47 Å². The number of hydrogen-bond donors (Lipinski definition) is 3. The maximum atomic E-state index is 13.3. The van der Waals surface area contributed by atoms with Gasteiger partial charge in [0, 0.05) is 59.3 Å². The maximum absolute atomic E-state index is 13.3. The fourth-order valence-corrected chi connectivity index (χ4v) is 9.01. The Morgan fingerprint density at radius 1 is 0.672 bits per heavy atom. The Kier molecular flexibility index (Phi) is 14.1. The number of carbonyl (C=O) groups is 2. The summed E-state index contributed by atoms with van der Waals surface area (Å²) in [6.07, 6.45) is 15.9. The second-order valence-electron chi connectivity index (χ2n) is 14.9. The normalized spacial score (nSPS) is 15.3. The lowest BCUT2D eigenvalue weighted by Gasteiger charge is -2.26. The molecule has 1 saturated carbocycles. The molecule has 2 aliphatic rings. The molecule has 8 rings (SSSR count). The number of aromatic amines is 2. The molecule has 3 heterocycles. The summed E-state index contributed by atoms with van der Waals surface area (Å²) >= 11 is 0. The highest BCUT2D eigenvalue weighted by atomic mass is 32.2. The molecule has 1 amide bonds. The fraction of sp³-hybridized carbons (Fsp3) is 0.289. The van der Waals surface area contributed by atoms with Gasteiger partial charge < -0.3 is 19.5 Å². The highest BCUT2D eigenvalue weighted by Crippen LogP contribution is 2.37. The summed E-state index contributed by atoms with van der Waals surface area (Å²) in [5, 5.41) is 22.1. The van der Waals surface area contributed by atoms with E-state index in [4.69, 9.17) is 14.6 Å². The van der Waals surface area contributed by atoms with Gasteiger partial charge in [-0.3, -0.25) is 15.0 Å². The minimum absolute atomic E-state index is 0.0979. The number of benzene rings is 4. The minimum atomic E-state index is -3.31. The molecule has 14 nitrogen and oxygen atoms in total. The average molecular weight is 868 g/mol. The number of amides is 1. The van der Waals surface area contributed by atoms with Gasteiger partial charge in [0.05, 0.1) is 48.0 Å². The van der Waals surface area contributed by atoms with Gasteiger partial charge in [-0.1, -0.05) is 37.1 Å². The van der Waals surface area contributed by atoms with E-state index >= 15 is 0 Å². The molecule has 61 heavy (non-hydrogen) atoms. The molecular formula is C45H49N5O9S2. The molecule has 0 spiro atoms. The monoisotopic (exact) mass is 867 g/mol. The number of hydrogen-bond acceptors (Lipinski definition) is 10. The highest BCUT2D eigenvalue weighted by Gasteiger charge is 2.31.